The highest BCUT2D eigenvalue weighted by atomic mass is 19.1. The summed E-state index contributed by atoms with van der Waals surface area (Å²) in [4.78, 5) is 33.9. The standard InChI is InChI=1S/C59H66FN3O11/c1-4-30-71-59-55(62(37-42-17-21-46(60)22-18-42)58(66)70-32-31-69-38-43-12-6-5-7-13-43)36-53(61-72-39-44-19-23-47(24-20-44)63(67)68)51-34-45(14-8-10-28-64)50(15-9-11-29-65)56(57(51)59)52-35-49(26-27-54(52)74-59)73-48-25-16-40(2)41(3)33-48/h4-7,12-13,16-27,33-35,45,50,55-57,64-65H,1,8-11,14-15,28-32,36-39H2,2-3H3. The van der Waals surface area contributed by atoms with Gasteiger partial charge in [-0.25, -0.2) is 9.18 Å². The van der Waals surface area contributed by atoms with E-state index in [1.165, 1.54) is 24.3 Å². The Hall–Kier alpha value is -6.91. The molecule has 0 saturated heterocycles. The van der Waals surface area contributed by atoms with Crippen LogP contribution in [0.1, 0.15) is 84.2 Å². The van der Waals surface area contributed by atoms with Crippen molar-refractivity contribution in [1.82, 2.24) is 4.90 Å². The molecule has 1 amide bonds. The number of fused-ring (bicyclic) bond motifs is 2. The number of ether oxygens (including phenoxy) is 5. The third-order valence-corrected chi connectivity index (χ3v) is 14.4. The number of hydrogen-bond acceptors (Lipinski definition) is 12. The van der Waals surface area contributed by atoms with Crippen molar-refractivity contribution in [3.63, 3.8) is 0 Å². The van der Waals surface area contributed by atoms with Crippen LogP contribution in [0.5, 0.6) is 17.2 Å². The fourth-order valence-corrected chi connectivity index (χ4v) is 10.6. The number of nitrogens with zero attached hydrogens (tertiary/aromatic N) is 3. The molecular formula is C59H66FN3O11. The van der Waals surface area contributed by atoms with Crippen molar-refractivity contribution in [2.24, 2.45) is 22.9 Å². The highest BCUT2D eigenvalue weighted by molar-refractivity contribution is 6.03. The number of benzene rings is 5. The van der Waals surface area contributed by atoms with Crippen molar-refractivity contribution in [3.05, 3.63) is 189 Å². The molecule has 5 aromatic rings. The Labute approximate surface area is 432 Å². The van der Waals surface area contributed by atoms with Gasteiger partial charge in [-0.3, -0.25) is 15.0 Å². The van der Waals surface area contributed by atoms with Crippen LogP contribution < -0.4 is 9.47 Å². The number of nitro benzene ring substituents is 1. The Balaban J connectivity index is 1.28. The topological polar surface area (TPSA) is 172 Å². The predicted molar refractivity (Wildman–Crippen MR) is 278 cm³/mol. The van der Waals surface area contributed by atoms with Gasteiger partial charge in [0.2, 0.25) is 5.79 Å². The maximum Gasteiger partial charge on any atom is 0.410 e. The van der Waals surface area contributed by atoms with Crippen LogP contribution in [0.15, 0.2) is 145 Å². The molecule has 1 aliphatic heterocycles. The molecule has 1 fully saturated rings. The fraction of sp³-hybridized carbons (Fsp3) is 0.390. The molecule has 2 aliphatic carbocycles. The lowest BCUT2D eigenvalue weighted by Gasteiger charge is -2.59. The zero-order valence-electron chi connectivity index (χ0n) is 42.1. The maximum absolute atomic E-state index is 15.1. The molecule has 1 heterocycles. The molecule has 0 bridgehead atoms. The number of amides is 1. The molecule has 6 unspecified atom stereocenters. The molecule has 1 saturated carbocycles. The minimum Gasteiger partial charge on any atom is -0.459 e. The van der Waals surface area contributed by atoms with Gasteiger partial charge in [-0.15, -0.1) is 6.58 Å². The minimum atomic E-state index is -1.63. The molecule has 74 heavy (non-hydrogen) atoms. The van der Waals surface area contributed by atoms with Gasteiger partial charge >= 0.3 is 6.09 Å². The highest BCUT2D eigenvalue weighted by Crippen LogP contribution is 2.62. The van der Waals surface area contributed by atoms with E-state index >= 15 is 4.79 Å². The number of carbonyl (C=O) groups excluding carboxylic acids is 1. The SMILES string of the molecule is C=CCOC12Oc3ccc(Oc4ccc(C)c(C)c4)cc3C3C(CCCCO)C(CCCCO)C=C(C(=NOCc4ccc([N+](=O)[O-])cc4)CC1N(Cc1ccc(F)cc1)C(=O)OCCOCc1ccccc1)C32. The number of halogens is 1. The lowest BCUT2D eigenvalue weighted by Crippen LogP contribution is -2.70. The van der Waals surface area contributed by atoms with E-state index in [2.05, 4.69) is 19.6 Å². The molecule has 14 nitrogen and oxygen atoms in total. The van der Waals surface area contributed by atoms with Crippen LogP contribution in [0, 0.1) is 47.5 Å². The van der Waals surface area contributed by atoms with Gasteiger partial charge in [-0.2, -0.15) is 0 Å². The Morgan fingerprint density at radius 1 is 0.865 bits per heavy atom. The fourth-order valence-electron chi connectivity index (χ4n) is 10.6. The summed E-state index contributed by atoms with van der Waals surface area (Å²) in [5.41, 5.74) is 6.62. The summed E-state index contributed by atoms with van der Waals surface area (Å²) in [5.74, 6) is -1.38. The highest BCUT2D eigenvalue weighted by Gasteiger charge is 2.65. The summed E-state index contributed by atoms with van der Waals surface area (Å²) < 4.78 is 47.7. The third-order valence-electron chi connectivity index (χ3n) is 14.4. The van der Waals surface area contributed by atoms with E-state index in [4.69, 9.17) is 33.7 Å². The first-order valence-electron chi connectivity index (χ1n) is 25.5. The van der Waals surface area contributed by atoms with Crippen molar-refractivity contribution in [2.45, 2.75) is 96.3 Å². The quantitative estimate of drug-likeness (QED) is 0.0247. The van der Waals surface area contributed by atoms with Gasteiger partial charge in [0.1, 0.15) is 42.3 Å². The number of aliphatic hydroxyl groups excluding tert-OH is 2. The Morgan fingerprint density at radius 2 is 1.57 bits per heavy atom. The van der Waals surface area contributed by atoms with Crippen LogP contribution >= 0.6 is 0 Å². The minimum absolute atomic E-state index is 0.0157. The average molecular weight is 1010 g/mol. The van der Waals surface area contributed by atoms with Crippen molar-refractivity contribution in [1.29, 1.82) is 0 Å². The predicted octanol–water partition coefficient (Wildman–Crippen LogP) is 11.8. The van der Waals surface area contributed by atoms with Crippen molar-refractivity contribution in [2.75, 3.05) is 33.0 Å². The summed E-state index contributed by atoms with van der Waals surface area (Å²) in [5, 5.41) is 36.5. The van der Waals surface area contributed by atoms with E-state index in [9.17, 15) is 24.7 Å². The number of unbranched alkanes of at least 4 members (excludes halogenated alkanes) is 2. The number of rotatable bonds is 25. The van der Waals surface area contributed by atoms with E-state index in [-0.39, 0.29) is 76.0 Å². The Kier molecular flexibility index (Phi) is 18.3. The molecule has 390 valence electrons. The summed E-state index contributed by atoms with van der Waals surface area (Å²) >= 11 is 0. The van der Waals surface area contributed by atoms with Crippen molar-refractivity contribution < 1.29 is 52.8 Å². The number of non-ortho nitro benzene ring substituents is 1. The lowest BCUT2D eigenvalue weighted by molar-refractivity contribution is -0.384. The Morgan fingerprint density at radius 3 is 2.28 bits per heavy atom. The van der Waals surface area contributed by atoms with Crippen molar-refractivity contribution in [3.8, 4) is 17.2 Å². The van der Waals surface area contributed by atoms with Gasteiger partial charge < -0.3 is 38.7 Å². The molecule has 2 N–H and O–H groups in total. The van der Waals surface area contributed by atoms with Crippen LogP contribution in [0.4, 0.5) is 14.9 Å². The number of allylic oxidation sites excluding steroid dienone is 1. The number of oxime groups is 1. The Bertz CT molecular complexity index is 2750. The number of aryl methyl sites for hydroxylation is 2. The van der Waals surface area contributed by atoms with Gasteiger partial charge in [0.15, 0.2) is 0 Å². The van der Waals surface area contributed by atoms with Crippen LogP contribution in [0.3, 0.4) is 0 Å². The molecule has 3 aliphatic rings. The third kappa shape index (κ3) is 12.7. The molecule has 0 radical (unpaired) electrons. The number of carbonyl (C=O) groups is 1. The monoisotopic (exact) mass is 1010 g/mol. The molecule has 5 aromatic carbocycles. The zero-order chi connectivity index (χ0) is 52.0. The lowest BCUT2D eigenvalue weighted by atomic mass is 9.55. The molecular weight excluding hydrogens is 946 g/mol. The van der Waals surface area contributed by atoms with E-state index < -0.39 is 34.6 Å². The number of nitro groups is 1. The second-order valence-corrected chi connectivity index (χ2v) is 19.2. The van der Waals surface area contributed by atoms with E-state index in [0.717, 1.165) is 47.1 Å². The van der Waals surface area contributed by atoms with E-state index in [0.29, 0.717) is 60.0 Å². The van der Waals surface area contributed by atoms with Gasteiger partial charge in [0, 0.05) is 49.8 Å². The summed E-state index contributed by atoms with van der Waals surface area (Å²) in [6, 6.07) is 32.5. The van der Waals surface area contributed by atoms with Gasteiger partial charge in [-0.05, 0) is 139 Å². The smallest absolute Gasteiger partial charge is 0.410 e. The number of hydrogen-bond donors (Lipinski definition) is 2. The van der Waals surface area contributed by atoms with Gasteiger partial charge in [0.05, 0.1) is 36.4 Å². The first kappa shape index (κ1) is 53.4. The molecule has 6 atom stereocenters. The van der Waals surface area contributed by atoms with E-state index in [1.807, 2.05) is 73.7 Å². The van der Waals surface area contributed by atoms with Crippen LogP contribution in [-0.2, 0) is 38.8 Å². The molecule has 0 aromatic heterocycles. The second-order valence-electron chi connectivity index (χ2n) is 19.2. The first-order chi connectivity index (χ1) is 36.0. The summed E-state index contributed by atoms with van der Waals surface area (Å²) in [6.07, 6.45) is 7.36. The van der Waals surface area contributed by atoms with Crippen LogP contribution in [0.25, 0.3) is 0 Å². The normalized spacial score (nSPS) is 21.1. The van der Waals surface area contributed by atoms with Crippen LogP contribution in [-0.4, -0.2) is 76.7 Å². The summed E-state index contributed by atoms with van der Waals surface area (Å²) in [7, 11) is 0. The average Bonchev–Trinajstić information content (AvgIpc) is 3.42. The number of aliphatic hydroxyl groups is 2. The van der Waals surface area contributed by atoms with Crippen LogP contribution in [0.2, 0.25) is 0 Å². The molecule has 15 heteroatoms. The largest absolute Gasteiger partial charge is 0.459 e. The van der Waals surface area contributed by atoms with Gasteiger partial charge in [0.25, 0.3) is 5.69 Å². The first-order valence-corrected chi connectivity index (χ1v) is 25.5. The summed E-state index contributed by atoms with van der Waals surface area (Å²) in [6.45, 7) is 8.54. The molecule has 0 spiro atoms. The van der Waals surface area contributed by atoms with Crippen molar-refractivity contribution >= 4 is 17.5 Å². The maximum atomic E-state index is 15.1. The molecule has 8 rings (SSSR count). The van der Waals surface area contributed by atoms with Gasteiger partial charge in [-0.1, -0.05) is 78.7 Å². The zero-order valence-corrected chi connectivity index (χ0v) is 42.1. The van der Waals surface area contributed by atoms with E-state index in [1.54, 1.807) is 35.2 Å². The second kappa shape index (κ2) is 25.4.